The lowest BCUT2D eigenvalue weighted by atomic mass is 9.98. The van der Waals surface area contributed by atoms with Crippen LogP contribution in [0.3, 0.4) is 0 Å². The first kappa shape index (κ1) is 16.0. The van der Waals surface area contributed by atoms with Gasteiger partial charge in [-0.05, 0) is 30.9 Å². The Morgan fingerprint density at radius 2 is 2.05 bits per heavy atom. The summed E-state index contributed by atoms with van der Waals surface area (Å²) >= 11 is 0. The summed E-state index contributed by atoms with van der Waals surface area (Å²) in [6.45, 7) is 2.26. The zero-order valence-corrected chi connectivity index (χ0v) is 12.7. The molecule has 0 spiro atoms. The van der Waals surface area contributed by atoms with Crippen molar-refractivity contribution in [1.82, 2.24) is 5.32 Å². The monoisotopic (exact) mass is 291 g/mol. The van der Waals surface area contributed by atoms with Crippen LogP contribution in [-0.4, -0.2) is 30.3 Å². The van der Waals surface area contributed by atoms with Crippen LogP contribution in [0.15, 0.2) is 24.3 Å². The number of nitrogens with one attached hydrogen (secondary N) is 1. The van der Waals surface area contributed by atoms with E-state index in [4.69, 9.17) is 4.74 Å². The zero-order valence-electron chi connectivity index (χ0n) is 12.7. The maximum atomic E-state index is 11.8. The minimum Gasteiger partial charge on any atom is -0.387 e. The predicted octanol–water partition coefficient (Wildman–Crippen LogP) is 2.49. The molecule has 21 heavy (non-hydrogen) atoms. The molecule has 0 radical (unpaired) electrons. The highest BCUT2D eigenvalue weighted by molar-refractivity contribution is 5.77. The van der Waals surface area contributed by atoms with Gasteiger partial charge in [-0.1, -0.05) is 43.5 Å². The molecule has 4 nitrogen and oxygen atoms in total. The van der Waals surface area contributed by atoms with E-state index in [9.17, 15) is 9.90 Å². The highest BCUT2D eigenvalue weighted by Gasteiger charge is 2.16. The van der Waals surface area contributed by atoms with Gasteiger partial charge in [0.05, 0.1) is 12.2 Å². The molecule has 0 saturated heterocycles. The highest BCUT2D eigenvalue weighted by Crippen LogP contribution is 2.20. The molecule has 1 aromatic carbocycles. The molecule has 1 unspecified atom stereocenters. The lowest BCUT2D eigenvalue weighted by Gasteiger charge is -2.22. The lowest BCUT2D eigenvalue weighted by molar-refractivity contribution is -0.128. The number of carbonyl (C=O) groups excluding carboxylic acids is 1. The van der Waals surface area contributed by atoms with Gasteiger partial charge >= 0.3 is 0 Å². The largest absolute Gasteiger partial charge is 0.387 e. The van der Waals surface area contributed by atoms with Crippen LogP contribution >= 0.6 is 0 Å². The molecule has 1 amide bonds. The Balaban J connectivity index is 1.69. The molecule has 1 aliphatic carbocycles. The molecular weight excluding hydrogens is 266 g/mol. The van der Waals surface area contributed by atoms with Crippen LogP contribution in [0.2, 0.25) is 0 Å². The number of hydrogen-bond acceptors (Lipinski definition) is 3. The van der Waals surface area contributed by atoms with Crippen molar-refractivity contribution in [2.75, 3.05) is 13.2 Å². The fourth-order valence-electron chi connectivity index (χ4n) is 2.76. The van der Waals surface area contributed by atoms with Gasteiger partial charge in [-0.3, -0.25) is 4.79 Å². The summed E-state index contributed by atoms with van der Waals surface area (Å²) in [7, 11) is 0. The number of aliphatic hydroxyl groups is 1. The van der Waals surface area contributed by atoms with E-state index >= 15 is 0 Å². The van der Waals surface area contributed by atoms with E-state index in [1.807, 2.05) is 31.2 Å². The third-order valence-electron chi connectivity index (χ3n) is 4.04. The third-order valence-corrected chi connectivity index (χ3v) is 4.04. The number of amides is 1. The van der Waals surface area contributed by atoms with Gasteiger partial charge < -0.3 is 15.2 Å². The van der Waals surface area contributed by atoms with E-state index < -0.39 is 6.10 Å². The fourth-order valence-corrected chi connectivity index (χ4v) is 2.76. The summed E-state index contributed by atoms with van der Waals surface area (Å²) in [5, 5.41) is 12.8. The molecule has 0 bridgehead atoms. The van der Waals surface area contributed by atoms with Crippen LogP contribution in [0.5, 0.6) is 0 Å². The van der Waals surface area contributed by atoms with Gasteiger partial charge in [-0.2, -0.15) is 0 Å². The Bertz CT molecular complexity index is 455. The average Bonchev–Trinajstić information content (AvgIpc) is 2.52. The smallest absolute Gasteiger partial charge is 0.246 e. The summed E-state index contributed by atoms with van der Waals surface area (Å²) in [5.74, 6) is -0.159. The van der Waals surface area contributed by atoms with Crippen LogP contribution < -0.4 is 5.32 Å². The SMILES string of the molecule is Cc1ccccc1C(O)CNC(=O)COC1CCCCC1. The quantitative estimate of drug-likeness (QED) is 0.846. The second-order valence-electron chi connectivity index (χ2n) is 5.75. The van der Waals surface area contributed by atoms with Crippen LogP contribution in [0, 0.1) is 6.92 Å². The fraction of sp³-hybridized carbons (Fsp3) is 0.588. The van der Waals surface area contributed by atoms with E-state index in [1.165, 1.54) is 19.3 Å². The van der Waals surface area contributed by atoms with Gasteiger partial charge in [0.15, 0.2) is 0 Å². The first-order valence-electron chi connectivity index (χ1n) is 7.78. The highest BCUT2D eigenvalue weighted by atomic mass is 16.5. The average molecular weight is 291 g/mol. The maximum Gasteiger partial charge on any atom is 0.246 e. The second kappa shape index (κ2) is 8.15. The van der Waals surface area contributed by atoms with Crippen molar-refractivity contribution in [3.8, 4) is 0 Å². The summed E-state index contributed by atoms with van der Waals surface area (Å²) in [4.78, 5) is 11.8. The number of hydrogen-bond donors (Lipinski definition) is 2. The van der Waals surface area contributed by atoms with Crippen molar-refractivity contribution in [1.29, 1.82) is 0 Å². The zero-order chi connectivity index (χ0) is 15.1. The Morgan fingerprint density at radius 3 is 2.76 bits per heavy atom. The molecule has 0 aliphatic heterocycles. The standard InChI is InChI=1S/C17H25NO3/c1-13-7-5-6-10-15(13)16(19)11-18-17(20)12-21-14-8-3-2-4-9-14/h5-7,10,14,16,19H,2-4,8-9,11-12H2,1H3,(H,18,20). The number of ether oxygens (including phenoxy) is 1. The molecular formula is C17H25NO3. The van der Waals surface area contributed by atoms with Crippen LogP contribution in [-0.2, 0) is 9.53 Å². The number of benzene rings is 1. The van der Waals surface area contributed by atoms with E-state index in [1.54, 1.807) is 0 Å². The van der Waals surface area contributed by atoms with Crippen molar-refractivity contribution < 1.29 is 14.6 Å². The van der Waals surface area contributed by atoms with Gasteiger partial charge in [-0.25, -0.2) is 0 Å². The summed E-state index contributed by atoms with van der Waals surface area (Å²) in [6.07, 6.45) is 5.32. The number of aryl methyl sites for hydroxylation is 1. The van der Waals surface area contributed by atoms with Crippen LogP contribution in [0.1, 0.15) is 49.3 Å². The van der Waals surface area contributed by atoms with E-state index in [0.717, 1.165) is 24.0 Å². The van der Waals surface area contributed by atoms with Crippen LogP contribution in [0.4, 0.5) is 0 Å². The Hall–Kier alpha value is -1.39. The minimum absolute atomic E-state index is 0.0885. The maximum absolute atomic E-state index is 11.8. The van der Waals surface area contributed by atoms with E-state index in [-0.39, 0.29) is 25.2 Å². The molecule has 0 heterocycles. The Labute approximate surface area is 126 Å². The van der Waals surface area contributed by atoms with Gasteiger partial charge in [0.1, 0.15) is 6.61 Å². The van der Waals surface area contributed by atoms with Gasteiger partial charge in [0.2, 0.25) is 5.91 Å². The van der Waals surface area contributed by atoms with Crippen molar-refractivity contribution in [2.45, 2.75) is 51.2 Å². The van der Waals surface area contributed by atoms with Crippen LogP contribution in [0.25, 0.3) is 0 Å². The van der Waals surface area contributed by atoms with Gasteiger partial charge in [0, 0.05) is 6.54 Å². The Kier molecular flexibility index (Phi) is 6.21. The van der Waals surface area contributed by atoms with Crippen molar-refractivity contribution in [3.05, 3.63) is 35.4 Å². The molecule has 1 aliphatic rings. The van der Waals surface area contributed by atoms with Crippen molar-refractivity contribution in [3.63, 3.8) is 0 Å². The predicted molar refractivity (Wildman–Crippen MR) is 82.0 cm³/mol. The molecule has 1 atom stereocenters. The first-order valence-corrected chi connectivity index (χ1v) is 7.78. The normalized spacial score (nSPS) is 17.4. The molecule has 4 heteroatoms. The molecule has 2 rings (SSSR count). The molecule has 1 fully saturated rings. The summed E-state index contributed by atoms with van der Waals surface area (Å²) in [5.41, 5.74) is 1.88. The topological polar surface area (TPSA) is 58.6 Å². The molecule has 2 N–H and O–H groups in total. The van der Waals surface area contributed by atoms with E-state index in [0.29, 0.717) is 0 Å². The lowest BCUT2D eigenvalue weighted by Crippen LogP contribution is -2.33. The number of carbonyl (C=O) groups is 1. The van der Waals surface area contributed by atoms with Gasteiger partial charge in [-0.15, -0.1) is 0 Å². The van der Waals surface area contributed by atoms with Crippen molar-refractivity contribution >= 4 is 5.91 Å². The molecule has 1 aromatic rings. The summed E-state index contributed by atoms with van der Waals surface area (Å²) < 4.78 is 5.61. The molecule has 0 aromatic heterocycles. The minimum atomic E-state index is -0.676. The third kappa shape index (κ3) is 5.14. The summed E-state index contributed by atoms with van der Waals surface area (Å²) in [6, 6.07) is 7.65. The first-order chi connectivity index (χ1) is 10.2. The van der Waals surface area contributed by atoms with E-state index in [2.05, 4.69) is 5.32 Å². The van der Waals surface area contributed by atoms with Crippen molar-refractivity contribution in [2.24, 2.45) is 0 Å². The number of rotatable bonds is 6. The number of aliphatic hydroxyl groups excluding tert-OH is 1. The molecule has 116 valence electrons. The second-order valence-corrected chi connectivity index (χ2v) is 5.75. The van der Waals surface area contributed by atoms with Gasteiger partial charge in [0.25, 0.3) is 0 Å². The molecule has 1 saturated carbocycles. The Morgan fingerprint density at radius 1 is 1.33 bits per heavy atom.